The predicted octanol–water partition coefficient (Wildman–Crippen LogP) is -0.352. The number of aliphatic carboxylic acids is 1. The monoisotopic (exact) mass is 164 g/mol. The lowest BCUT2D eigenvalue weighted by Crippen LogP contribution is -2.31. The summed E-state index contributed by atoms with van der Waals surface area (Å²) in [6.07, 6.45) is 1.50. The fraction of sp³-hybridized carbons (Fsp3) is 0.800. The highest BCUT2D eigenvalue weighted by Gasteiger charge is 2.59. The van der Waals surface area contributed by atoms with Crippen LogP contribution in [0.2, 0.25) is 0 Å². The number of hydrogen-bond donors (Lipinski definition) is 1. The molecule has 0 aliphatic heterocycles. The van der Waals surface area contributed by atoms with Gasteiger partial charge in [-0.05, 0) is 12.8 Å². The lowest BCUT2D eigenvalue weighted by atomic mass is 10.4. The van der Waals surface area contributed by atoms with E-state index in [0.717, 1.165) is 6.26 Å². The van der Waals surface area contributed by atoms with Crippen molar-refractivity contribution in [1.29, 1.82) is 0 Å². The van der Waals surface area contributed by atoms with Gasteiger partial charge in [0.15, 0.2) is 14.6 Å². The first-order valence-electron chi connectivity index (χ1n) is 2.83. The lowest BCUT2D eigenvalue weighted by Gasteiger charge is -2.04. The number of hydrogen-bond acceptors (Lipinski definition) is 3. The maximum absolute atomic E-state index is 10.8. The average Bonchev–Trinajstić information content (AvgIpc) is 2.36. The standard InChI is InChI=1S/C5H8O4S/c1-10(8,9)5(2-3-5)4(6)7/h2-3H2,1H3,(H,6,7). The quantitative estimate of drug-likeness (QED) is 0.605. The van der Waals surface area contributed by atoms with Crippen molar-refractivity contribution < 1.29 is 18.3 Å². The van der Waals surface area contributed by atoms with Gasteiger partial charge in [0, 0.05) is 6.26 Å². The largest absolute Gasteiger partial charge is 0.480 e. The molecule has 5 heteroatoms. The van der Waals surface area contributed by atoms with Crippen LogP contribution in [0.5, 0.6) is 0 Å². The van der Waals surface area contributed by atoms with Crippen LogP contribution in [-0.2, 0) is 14.6 Å². The molecule has 1 aliphatic carbocycles. The zero-order chi connectivity index (χ0) is 7.99. The molecule has 10 heavy (non-hydrogen) atoms. The number of carboxylic acids is 1. The van der Waals surface area contributed by atoms with Gasteiger partial charge in [-0.2, -0.15) is 0 Å². The molecule has 0 amide bonds. The third-order valence-corrected chi connectivity index (χ3v) is 3.81. The normalized spacial score (nSPS) is 22.1. The molecular weight excluding hydrogens is 156 g/mol. The summed E-state index contributed by atoms with van der Waals surface area (Å²) in [4.78, 5) is 10.4. The van der Waals surface area contributed by atoms with Crippen molar-refractivity contribution in [2.45, 2.75) is 17.6 Å². The summed E-state index contributed by atoms with van der Waals surface area (Å²) < 4.78 is 20.1. The van der Waals surface area contributed by atoms with E-state index in [9.17, 15) is 13.2 Å². The van der Waals surface area contributed by atoms with Crippen LogP contribution >= 0.6 is 0 Å². The van der Waals surface area contributed by atoms with Gasteiger partial charge in [-0.1, -0.05) is 0 Å². The molecule has 0 radical (unpaired) electrons. The van der Waals surface area contributed by atoms with E-state index in [-0.39, 0.29) is 12.8 Å². The molecule has 0 aromatic heterocycles. The number of carboxylic acid groups (broad SMARTS) is 1. The van der Waals surface area contributed by atoms with Crippen molar-refractivity contribution >= 4 is 15.8 Å². The zero-order valence-corrected chi connectivity index (χ0v) is 6.31. The van der Waals surface area contributed by atoms with Gasteiger partial charge in [-0.3, -0.25) is 4.79 Å². The van der Waals surface area contributed by atoms with Crippen LogP contribution in [0.25, 0.3) is 0 Å². The Kier molecular flexibility index (Phi) is 1.29. The third-order valence-electron chi connectivity index (χ3n) is 1.80. The first-order chi connectivity index (χ1) is 4.40. The Labute approximate surface area is 58.8 Å². The molecule has 1 saturated carbocycles. The van der Waals surface area contributed by atoms with Gasteiger partial charge in [0.2, 0.25) is 0 Å². The molecule has 0 aromatic rings. The Morgan fingerprint density at radius 2 is 1.90 bits per heavy atom. The predicted molar refractivity (Wildman–Crippen MR) is 34.4 cm³/mol. The minimum Gasteiger partial charge on any atom is -0.480 e. The molecule has 1 rings (SSSR count). The highest BCUT2D eigenvalue weighted by Crippen LogP contribution is 2.43. The summed E-state index contributed by atoms with van der Waals surface area (Å²) in [7, 11) is -3.39. The molecule has 58 valence electrons. The molecule has 0 unspecified atom stereocenters. The molecule has 0 bridgehead atoms. The van der Waals surface area contributed by atoms with Crippen LogP contribution in [-0.4, -0.2) is 30.5 Å². The van der Waals surface area contributed by atoms with Gasteiger partial charge in [-0.15, -0.1) is 0 Å². The van der Waals surface area contributed by atoms with E-state index in [1.807, 2.05) is 0 Å². The molecule has 0 heterocycles. The first kappa shape index (κ1) is 7.53. The van der Waals surface area contributed by atoms with E-state index < -0.39 is 20.6 Å². The lowest BCUT2D eigenvalue weighted by molar-refractivity contribution is -0.137. The van der Waals surface area contributed by atoms with Crippen LogP contribution in [0.4, 0.5) is 0 Å². The summed E-state index contributed by atoms with van der Waals surface area (Å²) in [6, 6.07) is 0. The van der Waals surface area contributed by atoms with Gasteiger partial charge in [0.05, 0.1) is 0 Å². The van der Waals surface area contributed by atoms with Gasteiger partial charge >= 0.3 is 5.97 Å². The highest BCUT2D eigenvalue weighted by atomic mass is 32.2. The second-order valence-corrected chi connectivity index (χ2v) is 4.90. The van der Waals surface area contributed by atoms with Crippen LogP contribution in [0.15, 0.2) is 0 Å². The Morgan fingerprint density at radius 3 is 1.90 bits per heavy atom. The highest BCUT2D eigenvalue weighted by molar-refractivity contribution is 7.93. The maximum Gasteiger partial charge on any atom is 0.325 e. The molecule has 0 aromatic carbocycles. The van der Waals surface area contributed by atoms with Crippen molar-refractivity contribution in [2.75, 3.05) is 6.26 Å². The van der Waals surface area contributed by atoms with Crippen molar-refractivity contribution in [2.24, 2.45) is 0 Å². The van der Waals surface area contributed by atoms with Crippen LogP contribution < -0.4 is 0 Å². The van der Waals surface area contributed by atoms with Gasteiger partial charge in [0.1, 0.15) is 0 Å². The van der Waals surface area contributed by atoms with E-state index in [1.165, 1.54) is 0 Å². The number of carbonyl (C=O) groups is 1. The van der Waals surface area contributed by atoms with E-state index >= 15 is 0 Å². The van der Waals surface area contributed by atoms with Crippen molar-refractivity contribution in [3.63, 3.8) is 0 Å². The van der Waals surface area contributed by atoms with Crippen molar-refractivity contribution in [3.05, 3.63) is 0 Å². The Balaban J connectivity index is 3.02. The Bertz CT molecular complexity index is 259. The second kappa shape index (κ2) is 1.72. The zero-order valence-electron chi connectivity index (χ0n) is 5.49. The fourth-order valence-corrected chi connectivity index (χ4v) is 2.02. The number of rotatable bonds is 2. The minimum absolute atomic E-state index is 0.265. The van der Waals surface area contributed by atoms with Crippen molar-refractivity contribution in [1.82, 2.24) is 0 Å². The Hall–Kier alpha value is -0.580. The first-order valence-corrected chi connectivity index (χ1v) is 4.72. The molecule has 1 aliphatic rings. The van der Waals surface area contributed by atoms with E-state index in [1.54, 1.807) is 0 Å². The summed E-state index contributed by atoms with van der Waals surface area (Å²) in [5.41, 5.74) is 0. The van der Waals surface area contributed by atoms with Gasteiger partial charge in [-0.25, -0.2) is 8.42 Å². The summed E-state index contributed by atoms with van der Waals surface area (Å²) >= 11 is 0. The summed E-state index contributed by atoms with van der Waals surface area (Å²) in [6.45, 7) is 0. The van der Waals surface area contributed by atoms with Crippen LogP contribution in [0, 0.1) is 0 Å². The molecule has 1 fully saturated rings. The van der Waals surface area contributed by atoms with E-state index in [0.29, 0.717) is 0 Å². The van der Waals surface area contributed by atoms with Crippen molar-refractivity contribution in [3.8, 4) is 0 Å². The molecule has 0 spiro atoms. The maximum atomic E-state index is 10.8. The van der Waals surface area contributed by atoms with E-state index in [4.69, 9.17) is 5.11 Å². The average molecular weight is 164 g/mol. The third kappa shape index (κ3) is 0.811. The second-order valence-electron chi connectivity index (χ2n) is 2.57. The molecule has 1 N–H and O–H groups in total. The fourth-order valence-electron chi connectivity index (χ4n) is 0.857. The van der Waals surface area contributed by atoms with Crippen LogP contribution in [0.1, 0.15) is 12.8 Å². The summed E-state index contributed by atoms with van der Waals surface area (Å²) in [5.74, 6) is -1.21. The SMILES string of the molecule is CS(=O)(=O)C1(C(=O)O)CC1. The van der Waals surface area contributed by atoms with Crippen LogP contribution in [0.3, 0.4) is 0 Å². The number of sulfone groups is 1. The summed E-state index contributed by atoms with van der Waals surface area (Å²) in [5, 5.41) is 8.46. The smallest absolute Gasteiger partial charge is 0.325 e. The van der Waals surface area contributed by atoms with E-state index in [2.05, 4.69) is 0 Å². The van der Waals surface area contributed by atoms with Gasteiger partial charge < -0.3 is 5.11 Å². The molecular formula is C5H8O4S. The minimum atomic E-state index is -3.39. The molecule has 0 atom stereocenters. The molecule has 0 saturated heterocycles. The topological polar surface area (TPSA) is 71.4 Å². The molecule has 4 nitrogen and oxygen atoms in total. The van der Waals surface area contributed by atoms with Gasteiger partial charge in [0.25, 0.3) is 0 Å². The Morgan fingerprint density at radius 1 is 1.50 bits per heavy atom.